The third kappa shape index (κ3) is 3.97. The Balaban J connectivity index is 1.96. The van der Waals surface area contributed by atoms with Crippen LogP contribution in [0.3, 0.4) is 0 Å². The molecule has 1 amide bonds. The standard InChI is InChI=1S/C15H19BrN2O4/c1-10(19)22-15(2,3)14(20)18-8-6-11(9-18)21-13-12(16)5-4-7-17-13/h4-5,7,11H,6,8-9H2,1-3H3/t11-/m1/s1. The summed E-state index contributed by atoms with van der Waals surface area (Å²) in [6.07, 6.45) is 2.25. The average molecular weight is 371 g/mol. The van der Waals surface area contributed by atoms with Crippen LogP contribution >= 0.6 is 15.9 Å². The third-order valence-corrected chi connectivity index (χ3v) is 3.95. The largest absolute Gasteiger partial charge is 0.472 e. The molecule has 1 saturated heterocycles. The van der Waals surface area contributed by atoms with Crippen molar-refractivity contribution in [3.05, 3.63) is 22.8 Å². The minimum absolute atomic E-state index is 0.122. The minimum Gasteiger partial charge on any atom is -0.472 e. The summed E-state index contributed by atoms with van der Waals surface area (Å²) >= 11 is 3.38. The lowest BCUT2D eigenvalue weighted by atomic mass is 10.1. The number of halogens is 1. The monoisotopic (exact) mass is 370 g/mol. The number of likely N-dealkylation sites (tertiary alicyclic amines) is 1. The molecule has 1 aliphatic heterocycles. The molecule has 2 rings (SSSR count). The normalized spacial score (nSPS) is 18.2. The van der Waals surface area contributed by atoms with Crippen molar-refractivity contribution in [2.45, 2.75) is 38.9 Å². The fourth-order valence-electron chi connectivity index (χ4n) is 2.41. The number of esters is 1. The Morgan fingerprint density at radius 2 is 2.18 bits per heavy atom. The SMILES string of the molecule is CC(=O)OC(C)(C)C(=O)N1CC[C@@H](Oc2ncccc2Br)C1. The Bertz CT molecular complexity index is 576. The van der Waals surface area contributed by atoms with Gasteiger partial charge in [-0.15, -0.1) is 0 Å². The summed E-state index contributed by atoms with van der Waals surface area (Å²) in [5, 5.41) is 0. The number of carbonyl (C=O) groups excluding carboxylic acids is 2. The van der Waals surface area contributed by atoms with Crippen LogP contribution in [-0.4, -0.2) is 46.6 Å². The molecule has 0 N–H and O–H groups in total. The van der Waals surface area contributed by atoms with Gasteiger partial charge in [-0.1, -0.05) is 0 Å². The quantitative estimate of drug-likeness (QED) is 0.759. The second-order valence-corrected chi connectivity index (χ2v) is 6.53. The van der Waals surface area contributed by atoms with Crippen molar-refractivity contribution in [3.63, 3.8) is 0 Å². The highest BCUT2D eigenvalue weighted by atomic mass is 79.9. The van der Waals surface area contributed by atoms with Crippen LogP contribution in [0, 0.1) is 0 Å². The number of nitrogens with zero attached hydrogens (tertiary/aromatic N) is 2. The first-order chi connectivity index (χ1) is 10.3. The summed E-state index contributed by atoms with van der Waals surface area (Å²) in [6, 6.07) is 3.66. The number of ether oxygens (including phenoxy) is 2. The molecule has 0 aromatic carbocycles. The van der Waals surface area contributed by atoms with E-state index in [1.807, 2.05) is 12.1 Å². The molecular formula is C15H19BrN2O4. The van der Waals surface area contributed by atoms with Gasteiger partial charge in [0.2, 0.25) is 5.88 Å². The van der Waals surface area contributed by atoms with Gasteiger partial charge in [0.05, 0.1) is 11.0 Å². The van der Waals surface area contributed by atoms with Gasteiger partial charge in [-0.3, -0.25) is 9.59 Å². The Hall–Kier alpha value is -1.63. The maximum Gasteiger partial charge on any atom is 0.303 e. The molecule has 1 aromatic heterocycles. The molecule has 0 spiro atoms. The molecule has 120 valence electrons. The first kappa shape index (κ1) is 16.7. The zero-order chi connectivity index (χ0) is 16.3. The molecule has 22 heavy (non-hydrogen) atoms. The van der Waals surface area contributed by atoms with E-state index in [2.05, 4.69) is 20.9 Å². The third-order valence-electron chi connectivity index (χ3n) is 3.35. The Labute approximate surface area is 137 Å². The van der Waals surface area contributed by atoms with E-state index in [4.69, 9.17) is 9.47 Å². The summed E-state index contributed by atoms with van der Waals surface area (Å²) < 4.78 is 11.7. The maximum absolute atomic E-state index is 12.4. The van der Waals surface area contributed by atoms with E-state index in [1.54, 1.807) is 24.9 Å². The first-order valence-electron chi connectivity index (χ1n) is 7.06. The zero-order valence-electron chi connectivity index (χ0n) is 12.8. The van der Waals surface area contributed by atoms with Crippen LogP contribution in [0.5, 0.6) is 5.88 Å². The van der Waals surface area contributed by atoms with Crippen LogP contribution in [0.25, 0.3) is 0 Å². The van der Waals surface area contributed by atoms with Crippen LogP contribution < -0.4 is 4.74 Å². The van der Waals surface area contributed by atoms with E-state index >= 15 is 0 Å². The van der Waals surface area contributed by atoms with E-state index in [1.165, 1.54) is 6.92 Å². The van der Waals surface area contributed by atoms with Gasteiger partial charge in [0, 0.05) is 26.1 Å². The number of hydrogen-bond acceptors (Lipinski definition) is 5. The van der Waals surface area contributed by atoms with Gasteiger partial charge in [-0.25, -0.2) is 4.98 Å². The number of rotatable bonds is 4. The summed E-state index contributed by atoms with van der Waals surface area (Å²) in [4.78, 5) is 29.3. The van der Waals surface area contributed by atoms with Crippen LogP contribution in [0.15, 0.2) is 22.8 Å². The van der Waals surface area contributed by atoms with Crippen LogP contribution in [0.2, 0.25) is 0 Å². The average Bonchev–Trinajstić information content (AvgIpc) is 2.87. The molecule has 1 fully saturated rings. The Morgan fingerprint density at radius 3 is 2.82 bits per heavy atom. The van der Waals surface area contributed by atoms with Crippen LogP contribution in [0.1, 0.15) is 27.2 Å². The number of hydrogen-bond donors (Lipinski definition) is 0. The minimum atomic E-state index is -1.16. The molecule has 0 unspecified atom stereocenters. The highest BCUT2D eigenvalue weighted by Crippen LogP contribution is 2.25. The highest BCUT2D eigenvalue weighted by molar-refractivity contribution is 9.10. The maximum atomic E-state index is 12.4. The van der Waals surface area contributed by atoms with E-state index in [0.717, 1.165) is 4.47 Å². The van der Waals surface area contributed by atoms with Gasteiger partial charge in [0.1, 0.15) is 6.10 Å². The van der Waals surface area contributed by atoms with Crippen molar-refractivity contribution in [1.29, 1.82) is 0 Å². The lowest BCUT2D eigenvalue weighted by molar-refractivity contribution is -0.168. The van der Waals surface area contributed by atoms with Crippen LogP contribution in [-0.2, 0) is 14.3 Å². The predicted molar refractivity (Wildman–Crippen MR) is 83.4 cm³/mol. The molecule has 6 nitrogen and oxygen atoms in total. The molecule has 0 saturated carbocycles. The summed E-state index contributed by atoms with van der Waals surface area (Å²) in [7, 11) is 0. The van der Waals surface area contributed by atoms with E-state index in [9.17, 15) is 9.59 Å². The van der Waals surface area contributed by atoms with Gasteiger partial charge in [0.25, 0.3) is 5.91 Å². The topological polar surface area (TPSA) is 68.7 Å². The molecule has 1 atom stereocenters. The lowest BCUT2D eigenvalue weighted by Crippen LogP contribution is -2.47. The fourth-order valence-corrected chi connectivity index (χ4v) is 2.76. The number of amides is 1. The number of pyridine rings is 1. The fraction of sp³-hybridized carbons (Fsp3) is 0.533. The molecule has 0 aliphatic carbocycles. The van der Waals surface area contributed by atoms with Crippen molar-refractivity contribution < 1.29 is 19.1 Å². The van der Waals surface area contributed by atoms with Gasteiger partial charge in [-0.2, -0.15) is 0 Å². The van der Waals surface area contributed by atoms with Gasteiger partial charge in [-0.05, 0) is 41.9 Å². The Kier molecular flexibility index (Phi) is 5.05. The highest BCUT2D eigenvalue weighted by Gasteiger charge is 2.39. The second kappa shape index (κ2) is 6.64. The molecule has 2 heterocycles. The molecule has 0 radical (unpaired) electrons. The lowest BCUT2D eigenvalue weighted by Gasteiger charge is -2.28. The number of aromatic nitrogens is 1. The molecule has 0 bridgehead atoms. The van der Waals surface area contributed by atoms with E-state index < -0.39 is 11.6 Å². The van der Waals surface area contributed by atoms with Gasteiger partial charge in [0.15, 0.2) is 5.60 Å². The summed E-state index contributed by atoms with van der Waals surface area (Å²) in [5.41, 5.74) is -1.16. The smallest absolute Gasteiger partial charge is 0.303 e. The van der Waals surface area contributed by atoms with E-state index in [-0.39, 0.29) is 12.0 Å². The van der Waals surface area contributed by atoms with Crippen molar-refractivity contribution in [1.82, 2.24) is 9.88 Å². The molecule has 1 aliphatic rings. The molecule has 7 heteroatoms. The molecule has 1 aromatic rings. The first-order valence-corrected chi connectivity index (χ1v) is 7.85. The van der Waals surface area contributed by atoms with Crippen molar-refractivity contribution in [3.8, 4) is 5.88 Å². The summed E-state index contributed by atoms with van der Waals surface area (Å²) in [6.45, 7) is 5.51. The second-order valence-electron chi connectivity index (χ2n) is 5.67. The molecular weight excluding hydrogens is 352 g/mol. The predicted octanol–water partition coefficient (Wildman–Crippen LogP) is 2.17. The van der Waals surface area contributed by atoms with Crippen molar-refractivity contribution >= 4 is 27.8 Å². The van der Waals surface area contributed by atoms with Gasteiger partial charge < -0.3 is 14.4 Å². The summed E-state index contributed by atoms with van der Waals surface area (Å²) in [5.74, 6) is -0.169. The van der Waals surface area contributed by atoms with E-state index in [0.29, 0.717) is 25.4 Å². The Morgan fingerprint density at radius 1 is 1.45 bits per heavy atom. The van der Waals surface area contributed by atoms with Crippen molar-refractivity contribution in [2.75, 3.05) is 13.1 Å². The zero-order valence-corrected chi connectivity index (χ0v) is 14.4. The van der Waals surface area contributed by atoms with Gasteiger partial charge >= 0.3 is 5.97 Å². The van der Waals surface area contributed by atoms with Crippen molar-refractivity contribution in [2.24, 2.45) is 0 Å². The number of carbonyl (C=O) groups is 2. The van der Waals surface area contributed by atoms with Crippen LogP contribution in [0.4, 0.5) is 0 Å².